The van der Waals surface area contributed by atoms with Crippen LogP contribution in [0.3, 0.4) is 0 Å². The number of allylic oxidation sites excluding steroid dienone is 1. The van der Waals surface area contributed by atoms with Crippen LogP contribution in [0.2, 0.25) is 0 Å². The lowest BCUT2D eigenvalue weighted by molar-refractivity contribution is -0.117. The molecule has 0 aliphatic carbocycles. The second-order valence-electron chi connectivity index (χ2n) is 10.3. The molecule has 2 unspecified atom stereocenters. The van der Waals surface area contributed by atoms with Gasteiger partial charge in [0.25, 0.3) is 11.1 Å². The van der Waals surface area contributed by atoms with Crippen molar-refractivity contribution >= 4 is 50.5 Å². The maximum absolute atomic E-state index is 12.7. The highest BCUT2D eigenvalue weighted by molar-refractivity contribution is 9.11. The zero-order chi connectivity index (χ0) is 25.0. The van der Waals surface area contributed by atoms with Gasteiger partial charge in [-0.15, -0.1) is 11.8 Å². The summed E-state index contributed by atoms with van der Waals surface area (Å²) < 4.78 is 4.46. The minimum absolute atomic E-state index is 0.0164. The van der Waals surface area contributed by atoms with E-state index in [4.69, 9.17) is 4.99 Å². The summed E-state index contributed by atoms with van der Waals surface area (Å²) in [6, 6.07) is 7.15. The van der Waals surface area contributed by atoms with E-state index < -0.39 is 0 Å². The molecule has 2 saturated heterocycles. The van der Waals surface area contributed by atoms with Gasteiger partial charge in [-0.25, -0.2) is 4.99 Å². The number of nitrogens with zero attached hydrogens (tertiary/aromatic N) is 4. The van der Waals surface area contributed by atoms with E-state index in [-0.39, 0.29) is 27.8 Å². The molecule has 0 spiro atoms. The summed E-state index contributed by atoms with van der Waals surface area (Å²) in [5.41, 5.74) is 1.60. The van der Waals surface area contributed by atoms with Crippen molar-refractivity contribution in [2.45, 2.75) is 49.6 Å². The molecule has 2 fully saturated rings. The molecule has 190 valence electrons. The summed E-state index contributed by atoms with van der Waals surface area (Å²) in [6.45, 7) is 5.96. The first-order valence-corrected chi connectivity index (χ1v) is 14.2. The molecule has 0 radical (unpaired) electrons. The quantitative estimate of drug-likeness (QED) is 0.566. The Hall–Kier alpha value is -2.21. The number of thioether (sulfide) groups is 1. The van der Waals surface area contributed by atoms with Crippen LogP contribution in [0.15, 0.2) is 49.0 Å². The number of carbonyl (C=O) groups excluding carboxylic acids is 1. The number of likely N-dealkylation sites (tertiary alicyclic amines) is 1. The summed E-state index contributed by atoms with van der Waals surface area (Å²) in [7, 11) is 0. The third-order valence-electron chi connectivity index (χ3n) is 7.76. The van der Waals surface area contributed by atoms with Crippen molar-refractivity contribution in [1.29, 1.82) is 0 Å². The largest absolute Gasteiger partial charge is 0.312 e. The van der Waals surface area contributed by atoms with Crippen molar-refractivity contribution < 1.29 is 4.79 Å². The Kier molecular flexibility index (Phi) is 6.22. The van der Waals surface area contributed by atoms with Gasteiger partial charge in [-0.3, -0.25) is 23.5 Å². The minimum atomic E-state index is -0.182. The Morgan fingerprint density at radius 2 is 1.92 bits per heavy atom. The first-order chi connectivity index (χ1) is 17.3. The fourth-order valence-electron chi connectivity index (χ4n) is 5.75. The Morgan fingerprint density at radius 3 is 2.69 bits per heavy atom. The first kappa shape index (κ1) is 24.1. The van der Waals surface area contributed by atoms with Gasteiger partial charge in [-0.2, -0.15) is 0 Å². The van der Waals surface area contributed by atoms with Crippen molar-refractivity contribution in [3.05, 3.63) is 55.2 Å². The normalized spacial score (nSPS) is 26.8. The molecule has 0 bridgehead atoms. The number of piperidine rings is 1. The van der Waals surface area contributed by atoms with Crippen molar-refractivity contribution in [3.63, 3.8) is 0 Å². The van der Waals surface area contributed by atoms with Gasteiger partial charge in [0, 0.05) is 54.1 Å². The van der Waals surface area contributed by atoms with Crippen LogP contribution in [0.25, 0.3) is 11.0 Å². The van der Waals surface area contributed by atoms with Crippen LogP contribution in [0, 0.1) is 0 Å². The Labute approximate surface area is 221 Å². The predicted molar refractivity (Wildman–Crippen MR) is 146 cm³/mol. The van der Waals surface area contributed by atoms with Crippen LogP contribution in [0.5, 0.6) is 0 Å². The lowest BCUT2D eigenvalue weighted by Crippen LogP contribution is -2.52. The predicted octanol–water partition coefficient (Wildman–Crippen LogP) is 1.80. The molecule has 2 N–H and O–H groups in total. The standard InChI is InChI=1S/C25H29BrN6O3S/c1-25-10-18(26)19(28-24(25)29-20(33)14-36-25)11-27-16-6-8-30(9-7-16)12-17-13-31-21(34)4-2-15-3-5-22(35)32(17)23(15)31/h2-5,16-17,27H,6-14H2,1H3,(H,28,29,33). The molecule has 36 heavy (non-hydrogen) atoms. The number of halogens is 1. The van der Waals surface area contributed by atoms with Crippen molar-refractivity contribution in [2.75, 3.05) is 31.9 Å². The number of carbonyl (C=O) groups is 1. The Morgan fingerprint density at radius 1 is 1.17 bits per heavy atom. The van der Waals surface area contributed by atoms with E-state index in [0.29, 0.717) is 24.9 Å². The first-order valence-electron chi connectivity index (χ1n) is 12.4. The molecular weight excluding hydrogens is 544 g/mol. The minimum Gasteiger partial charge on any atom is -0.312 e. The number of fused-ring (bicyclic) bond motifs is 1. The van der Waals surface area contributed by atoms with Crippen molar-refractivity contribution in [1.82, 2.24) is 24.7 Å². The number of hydrogen-bond donors (Lipinski definition) is 2. The van der Waals surface area contributed by atoms with Crippen LogP contribution in [-0.4, -0.2) is 68.5 Å². The highest BCUT2D eigenvalue weighted by Crippen LogP contribution is 2.41. The highest BCUT2D eigenvalue weighted by Gasteiger charge is 2.40. The van der Waals surface area contributed by atoms with E-state index in [0.717, 1.165) is 65.9 Å². The average molecular weight is 574 g/mol. The van der Waals surface area contributed by atoms with E-state index in [2.05, 4.69) is 38.4 Å². The second-order valence-corrected chi connectivity index (χ2v) is 12.7. The molecule has 2 atom stereocenters. The zero-order valence-electron chi connectivity index (χ0n) is 20.1. The van der Waals surface area contributed by atoms with Gasteiger partial charge >= 0.3 is 0 Å². The molecule has 11 heteroatoms. The molecular formula is C25H29BrN6O3S. The number of rotatable bonds is 5. The third-order valence-corrected chi connectivity index (χ3v) is 9.88. The van der Waals surface area contributed by atoms with Gasteiger partial charge in [0.1, 0.15) is 11.5 Å². The highest BCUT2D eigenvalue weighted by atomic mass is 79.9. The SMILES string of the molecule is CC12CC(Br)=C(CNC3CCN(CC4Cn5c(=O)ccc6ccc(=O)n4c65)CC3)N=C1NC(=O)CS2. The maximum atomic E-state index is 12.7. The molecule has 9 nitrogen and oxygen atoms in total. The summed E-state index contributed by atoms with van der Waals surface area (Å²) >= 11 is 5.38. The van der Waals surface area contributed by atoms with Crippen LogP contribution in [-0.2, 0) is 11.3 Å². The maximum Gasteiger partial charge on any atom is 0.252 e. The summed E-state index contributed by atoms with van der Waals surface area (Å²) in [5, 5.41) is 7.55. The van der Waals surface area contributed by atoms with Gasteiger partial charge in [0.05, 0.1) is 22.2 Å². The molecule has 2 aromatic heterocycles. The molecule has 6 heterocycles. The molecule has 6 rings (SSSR count). The third kappa shape index (κ3) is 4.29. The second kappa shape index (κ2) is 9.27. The van der Waals surface area contributed by atoms with E-state index in [1.165, 1.54) is 0 Å². The van der Waals surface area contributed by atoms with Crippen molar-refractivity contribution in [3.8, 4) is 0 Å². The van der Waals surface area contributed by atoms with E-state index >= 15 is 0 Å². The fraction of sp³-hybridized carbons (Fsp3) is 0.520. The summed E-state index contributed by atoms with van der Waals surface area (Å²) in [6.07, 6.45) is 2.83. The molecule has 2 aromatic rings. The average Bonchev–Trinajstić information content (AvgIpc) is 3.24. The van der Waals surface area contributed by atoms with Crippen LogP contribution >= 0.6 is 27.7 Å². The van der Waals surface area contributed by atoms with Gasteiger partial charge in [-0.1, -0.05) is 15.9 Å². The lowest BCUT2D eigenvalue weighted by Gasteiger charge is -2.38. The number of aliphatic imine (C=N–C) groups is 1. The molecule has 4 aliphatic heterocycles. The zero-order valence-corrected chi connectivity index (χ0v) is 22.5. The van der Waals surface area contributed by atoms with E-state index in [1.807, 2.05) is 4.57 Å². The number of nitrogens with one attached hydrogen (secondary N) is 2. The monoisotopic (exact) mass is 572 g/mol. The van der Waals surface area contributed by atoms with Crippen LogP contribution < -0.4 is 21.8 Å². The molecule has 1 amide bonds. The number of hydrogen-bond acceptors (Lipinski definition) is 7. The Balaban J connectivity index is 1.06. The van der Waals surface area contributed by atoms with E-state index in [1.54, 1.807) is 40.6 Å². The number of pyridine rings is 2. The van der Waals surface area contributed by atoms with Crippen LogP contribution in [0.4, 0.5) is 0 Å². The van der Waals surface area contributed by atoms with Gasteiger partial charge in [-0.05, 0) is 45.0 Å². The number of amides is 1. The fourth-order valence-corrected chi connectivity index (χ4v) is 7.73. The molecule has 0 saturated carbocycles. The number of amidine groups is 1. The number of aromatic nitrogens is 2. The van der Waals surface area contributed by atoms with E-state index in [9.17, 15) is 14.4 Å². The Bertz CT molecular complexity index is 1420. The van der Waals surface area contributed by atoms with Gasteiger partial charge in [0.2, 0.25) is 5.91 Å². The van der Waals surface area contributed by atoms with Gasteiger partial charge in [0.15, 0.2) is 0 Å². The molecule has 0 aromatic carbocycles. The van der Waals surface area contributed by atoms with Crippen molar-refractivity contribution in [2.24, 2.45) is 4.99 Å². The van der Waals surface area contributed by atoms with Gasteiger partial charge < -0.3 is 15.5 Å². The van der Waals surface area contributed by atoms with Crippen LogP contribution in [0.1, 0.15) is 32.2 Å². The summed E-state index contributed by atoms with van der Waals surface area (Å²) in [5.74, 6) is 1.25. The topological polar surface area (TPSA) is 101 Å². The summed E-state index contributed by atoms with van der Waals surface area (Å²) in [4.78, 5) is 44.2. The molecule has 4 aliphatic rings. The lowest BCUT2D eigenvalue weighted by atomic mass is 10.0. The smallest absolute Gasteiger partial charge is 0.252 e.